The summed E-state index contributed by atoms with van der Waals surface area (Å²) in [4.78, 5) is 13.1. The van der Waals surface area contributed by atoms with Crippen molar-refractivity contribution >= 4 is 11.6 Å². The molecule has 1 aliphatic carbocycles. The molecule has 6 heteroatoms. The number of fused-ring (bicyclic) bond motifs is 1. The summed E-state index contributed by atoms with van der Waals surface area (Å²) in [7, 11) is 0. The molecule has 0 spiro atoms. The smallest absolute Gasteiger partial charge is 0.278 e. The van der Waals surface area contributed by atoms with Crippen molar-refractivity contribution in [3.63, 3.8) is 0 Å². The maximum atomic E-state index is 13.1. The SMILES string of the molecule is CCCC1CCc2onc(C(=O)Nc3c(C)nn(C(C)c4ccc(C)cc4)c3C)c2C1. The van der Waals surface area contributed by atoms with Crippen LogP contribution in [0.3, 0.4) is 0 Å². The number of anilines is 1. The summed E-state index contributed by atoms with van der Waals surface area (Å²) in [5, 5.41) is 11.9. The van der Waals surface area contributed by atoms with Gasteiger partial charge >= 0.3 is 0 Å². The van der Waals surface area contributed by atoms with Gasteiger partial charge in [0.25, 0.3) is 5.91 Å². The molecular weight excluding hydrogens is 388 g/mol. The van der Waals surface area contributed by atoms with E-state index in [1.54, 1.807) is 0 Å². The number of amides is 1. The van der Waals surface area contributed by atoms with Gasteiger partial charge in [0.1, 0.15) is 5.76 Å². The van der Waals surface area contributed by atoms with Crippen LogP contribution in [0, 0.1) is 26.7 Å². The first-order chi connectivity index (χ1) is 14.9. The molecule has 1 N–H and O–H groups in total. The molecule has 164 valence electrons. The minimum Gasteiger partial charge on any atom is -0.360 e. The molecule has 0 saturated heterocycles. The van der Waals surface area contributed by atoms with Crippen LogP contribution in [0.2, 0.25) is 0 Å². The molecule has 0 radical (unpaired) electrons. The van der Waals surface area contributed by atoms with Crippen molar-refractivity contribution in [2.24, 2.45) is 5.92 Å². The monoisotopic (exact) mass is 420 g/mol. The van der Waals surface area contributed by atoms with Crippen LogP contribution in [0.1, 0.15) is 83.5 Å². The van der Waals surface area contributed by atoms with Gasteiger partial charge in [0.05, 0.1) is 23.1 Å². The molecule has 6 nitrogen and oxygen atoms in total. The lowest BCUT2D eigenvalue weighted by Crippen LogP contribution is -2.19. The topological polar surface area (TPSA) is 73.0 Å². The van der Waals surface area contributed by atoms with E-state index in [1.165, 1.54) is 17.5 Å². The first-order valence-electron chi connectivity index (χ1n) is 11.3. The van der Waals surface area contributed by atoms with Crippen molar-refractivity contribution in [3.8, 4) is 0 Å². The van der Waals surface area contributed by atoms with Gasteiger partial charge in [0, 0.05) is 12.0 Å². The molecule has 2 atom stereocenters. The summed E-state index contributed by atoms with van der Waals surface area (Å²) < 4.78 is 7.49. The Bertz CT molecular complexity index is 1080. The van der Waals surface area contributed by atoms with Crippen LogP contribution in [-0.4, -0.2) is 20.8 Å². The minimum atomic E-state index is -0.212. The third-order valence-electron chi connectivity index (χ3n) is 6.54. The summed E-state index contributed by atoms with van der Waals surface area (Å²) in [6.45, 7) is 10.3. The summed E-state index contributed by atoms with van der Waals surface area (Å²) in [5.41, 5.74) is 6.30. The number of nitrogens with one attached hydrogen (secondary N) is 1. The Kier molecular flexibility index (Phi) is 5.99. The van der Waals surface area contributed by atoms with Crippen molar-refractivity contribution in [3.05, 3.63) is 63.8 Å². The zero-order valence-corrected chi connectivity index (χ0v) is 19.2. The van der Waals surface area contributed by atoms with Crippen LogP contribution >= 0.6 is 0 Å². The van der Waals surface area contributed by atoms with Gasteiger partial charge in [-0.3, -0.25) is 9.48 Å². The van der Waals surface area contributed by atoms with Gasteiger partial charge in [-0.15, -0.1) is 0 Å². The van der Waals surface area contributed by atoms with E-state index in [1.807, 2.05) is 18.5 Å². The van der Waals surface area contributed by atoms with Crippen molar-refractivity contribution in [2.75, 3.05) is 5.32 Å². The van der Waals surface area contributed by atoms with E-state index in [9.17, 15) is 4.79 Å². The molecule has 0 bridgehead atoms. The maximum Gasteiger partial charge on any atom is 0.278 e. The average molecular weight is 421 g/mol. The molecule has 1 aromatic carbocycles. The number of carbonyl (C=O) groups excluding carboxylic acids is 1. The van der Waals surface area contributed by atoms with E-state index in [-0.39, 0.29) is 11.9 Å². The molecule has 0 fully saturated rings. The first-order valence-corrected chi connectivity index (χ1v) is 11.3. The highest BCUT2D eigenvalue weighted by atomic mass is 16.5. The number of nitrogens with zero attached hydrogens (tertiary/aromatic N) is 3. The predicted molar refractivity (Wildman–Crippen MR) is 122 cm³/mol. The van der Waals surface area contributed by atoms with Crippen LogP contribution in [-0.2, 0) is 12.8 Å². The standard InChI is InChI=1S/C25H32N4O2/c1-6-7-19-10-13-22-21(14-19)24(28-31-22)25(30)26-23-16(3)27-29(18(23)5)17(4)20-11-8-15(2)9-12-20/h8-9,11-12,17,19H,6-7,10,13-14H2,1-5H3,(H,26,30). The third-order valence-corrected chi connectivity index (χ3v) is 6.54. The molecule has 2 unspecified atom stereocenters. The number of rotatable bonds is 6. The van der Waals surface area contributed by atoms with E-state index in [4.69, 9.17) is 9.62 Å². The zero-order chi connectivity index (χ0) is 22.1. The fraction of sp³-hybridized carbons (Fsp3) is 0.480. The zero-order valence-electron chi connectivity index (χ0n) is 19.2. The summed E-state index contributed by atoms with van der Waals surface area (Å²) >= 11 is 0. The number of hydrogen-bond acceptors (Lipinski definition) is 4. The van der Waals surface area contributed by atoms with Gasteiger partial charge in [0.15, 0.2) is 5.69 Å². The first kappa shape index (κ1) is 21.3. The van der Waals surface area contributed by atoms with Crippen LogP contribution in [0.5, 0.6) is 0 Å². The van der Waals surface area contributed by atoms with E-state index in [2.05, 4.69) is 55.5 Å². The quantitative estimate of drug-likeness (QED) is 0.566. The van der Waals surface area contributed by atoms with Gasteiger partial charge in [-0.25, -0.2) is 0 Å². The average Bonchev–Trinajstić information content (AvgIpc) is 3.30. The molecule has 3 aromatic rings. The van der Waals surface area contributed by atoms with Crippen molar-refractivity contribution in [2.45, 2.75) is 72.8 Å². The Morgan fingerprint density at radius 2 is 2.00 bits per heavy atom. The van der Waals surface area contributed by atoms with E-state index < -0.39 is 0 Å². The van der Waals surface area contributed by atoms with Gasteiger partial charge in [0.2, 0.25) is 0 Å². The normalized spacial score (nSPS) is 16.7. The Morgan fingerprint density at radius 1 is 1.26 bits per heavy atom. The minimum absolute atomic E-state index is 0.0690. The van der Waals surface area contributed by atoms with Crippen LogP contribution < -0.4 is 5.32 Å². The molecule has 4 rings (SSSR count). The van der Waals surface area contributed by atoms with Gasteiger partial charge in [-0.2, -0.15) is 5.10 Å². The van der Waals surface area contributed by atoms with Crippen molar-refractivity contribution in [1.82, 2.24) is 14.9 Å². The highest BCUT2D eigenvalue weighted by Gasteiger charge is 2.29. The summed E-state index contributed by atoms with van der Waals surface area (Å²) in [6, 6.07) is 8.55. The third kappa shape index (κ3) is 4.16. The van der Waals surface area contributed by atoms with Crippen molar-refractivity contribution in [1.29, 1.82) is 0 Å². The number of benzene rings is 1. The van der Waals surface area contributed by atoms with Crippen LogP contribution in [0.25, 0.3) is 0 Å². The lowest BCUT2D eigenvalue weighted by Gasteiger charge is -2.20. The molecule has 0 saturated carbocycles. The Balaban J connectivity index is 1.56. The highest BCUT2D eigenvalue weighted by Crippen LogP contribution is 2.32. The van der Waals surface area contributed by atoms with Crippen LogP contribution in [0.15, 0.2) is 28.8 Å². The molecule has 2 heterocycles. The van der Waals surface area contributed by atoms with Crippen molar-refractivity contribution < 1.29 is 9.32 Å². The Hall–Kier alpha value is -2.89. The number of aryl methyl sites for hydroxylation is 3. The second kappa shape index (κ2) is 8.69. The second-order valence-electron chi connectivity index (χ2n) is 8.86. The lowest BCUT2D eigenvalue weighted by atomic mass is 9.84. The van der Waals surface area contributed by atoms with Crippen LogP contribution in [0.4, 0.5) is 5.69 Å². The Morgan fingerprint density at radius 3 is 2.71 bits per heavy atom. The largest absolute Gasteiger partial charge is 0.360 e. The van der Waals surface area contributed by atoms with E-state index in [0.29, 0.717) is 11.6 Å². The highest BCUT2D eigenvalue weighted by molar-refractivity contribution is 6.04. The molecular formula is C25H32N4O2. The number of carbonyl (C=O) groups is 1. The predicted octanol–water partition coefficient (Wildman–Crippen LogP) is 5.56. The van der Waals surface area contributed by atoms with Gasteiger partial charge in [-0.1, -0.05) is 54.8 Å². The van der Waals surface area contributed by atoms with Gasteiger partial charge in [-0.05, 0) is 52.0 Å². The molecule has 2 aromatic heterocycles. The molecule has 0 aliphatic heterocycles. The van der Waals surface area contributed by atoms with E-state index in [0.717, 1.165) is 54.1 Å². The second-order valence-corrected chi connectivity index (χ2v) is 8.86. The van der Waals surface area contributed by atoms with E-state index >= 15 is 0 Å². The maximum absolute atomic E-state index is 13.1. The number of hydrogen-bond donors (Lipinski definition) is 1. The summed E-state index contributed by atoms with van der Waals surface area (Å²) in [6.07, 6.45) is 5.18. The number of aromatic nitrogens is 3. The fourth-order valence-corrected chi connectivity index (χ4v) is 4.69. The fourth-order valence-electron chi connectivity index (χ4n) is 4.69. The Labute approximate surface area is 184 Å². The lowest BCUT2D eigenvalue weighted by molar-refractivity contribution is 0.101. The van der Waals surface area contributed by atoms with Gasteiger partial charge < -0.3 is 9.84 Å². The molecule has 31 heavy (non-hydrogen) atoms. The molecule has 1 amide bonds. The molecule has 1 aliphatic rings. The summed E-state index contributed by atoms with van der Waals surface area (Å²) in [5.74, 6) is 1.26.